The number of piperidine rings is 1. The highest BCUT2D eigenvalue weighted by atomic mass is 16.5. The minimum atomic E-state index is -0.394. The van der Waals surface area contributed by atoms with Gasteiger partial charge in [-0.2, -0.15) is 0 Å². The van der Waals surface area contributed by atoms with Crippen molar-refractivity contribution in [2.24, 2.45) is 0 Å². The molecule has 1 saturated heterocycles. The summed E-state index contributed by atoms with van der Waals surface area (Å²) < 4.78 is 10.5. The van der Waals surface area contributed by atoms with E-state index in [0.29, 0.717) is 19.2 Å². The fourth-order valence-corrected chi connectivity index (χ4v) is 3.46. The highest BCUT2D eigenvalue weighted by Gasteiger charge is 2.23. The van der Waals surface area contributed by atoms with Crippen LogP contribution in [-0.4, -0.2) is 62.6 Å². The molecule has 24 heavy (non-hydrogen) atoms. The molecule has 1 aliphatic rings. The van der Waals surface area contributed by atoms with Gasteiger partial charge in [-0.05, 0) is 45.8 Å². The number of hydrogen-bond donors (Lipinski definition) is 2. The van der Waals surface area contributed by atoms with E-state index in [2.05, 4.69) is 36.2 Å². The number of rotatable bonds is 8. The van der Waals surface area contributed by atoms with E-state index in [1.807, 2.05) is 6.07 Å². The van der Waals surface area contributed by atoms with Gasteiger partial charge in [0.15, 0.2) is 0 Å². The van der Waals surface area contributed by atoms with E-state index < -0.39 is 6.10 Å². The van der Waals surface area contributed by atoms with Crippen LogP contribution in [0.5, 0.6) is 5.75 Å². The lowest BCUT2D eigenvalue weighted by atomic mass is 9.99. The Morgan fingerprint density at radius 3 is 2.62 bits per heavy atom. The number of nitrogens with zero attached hydrogens (tertiary/aromatic N) is 1. The molecule has 2 N–H and O–H groups in total. The van der Waals surface area contributed by atoms with Gasteiger partial charge in [-0.3, -0.25) is 0 Å². The van der Waals surface area contributed by atoms with Crippen molar-refractivity contribution in [1.82, 2.24) is 10.2 Å². The van der Waals surface area contributed by atoms with Crippen LogP contribution in [0.2, 0.25) is 0 Å². The molecule has 2 rings (SSSR count). The Balaban J connectivity index is 1.84. The number of aliphatic hydroxyl groups excluding tert-OH is 1. The lowest BCUT2D eigenvalue weighted by Crippen LogP contribution is -2.46. The summed E-state index contributed by atoms with van der Waals surface area (Å²) >= 11 is 0. The summed E-state index contributed by atoms with van der Waals surface area (Å²) in [6.07, 6.45) is 1.80. The molecular formula is C19H32N2O3. The maximum Gasteiger partial charge on any atom is 0.123 e. The molecule has 0 saturated carbocycles. The van der Waals surface area contributed by atoms with Crippen molar-refractivity contribution >= 4 is 0 Å². The van der Waals surface area contributed by atoms with Crippen LogP contribution in [0.15, 0.2) is 18.2 Å². The second kappa shape index (κ2) is 9.37. The average molecular weight is 336 g/mol. The van der Waals surface area contributed by atoms with E-state index in [1.165, 1.54) is 11.1 Å². The SMILES string of the molecule is COCC(O)CN1CCC(NC(C)c2cc(C)ccc2OC)CC1. The van der Waals surface area contributed by atoms with Gasteiger partial charge in [-0.25, -0.2) is 0 Å². The summed E-state index contributed by atoms with van der Waals surface area (Å²) in [4.78, 5) is 2.32. The lowest BCUT2D eigenvalue weighted by molar-refractivity contribution is 0.0308. The number of aliphatic hydroxyl groups is 1. The first-order valence-electron chi connectivity index (χ1n) is 8.83. The van der Waals surface area contributed by atoms with Crippen LogP contribution in [0.4, 0.5) is 0 Å². The highest BCUT2D eigenvalue weighted by Crippen LogP contribution is 2.27. The van der Waals surface area contributed by atoms with Gasteiger partial charge < -0.3 is 24.8 Å². The molecule has 1 aromatic carbocycles. The first kappa shape index (κ1) is 19.2. The van der Waals surface area contributed by atoms with Crippen LogP contribution < -0.4 is 10.1 Å². The van der Waals surface area contributed by atoms with Crippen molar-refractivity contribution < 1.29 is 14.6 Å². The normalized spacial score (nSPS) is 19.2. The lowest BCUT2D eigenvalue weighted by Gasteiger charge is -2.35. The molecule has 1 aromatic rings. The molecule has 0 radical (unpaired) electrons. The molecule has 2 unspecified atom stereocenters. The number of ether oxygens (including phenoxy) is 2. The van der Waals surface area contributed by atoms with Crippen molar-refractivity contribution in [2.75, 3.05) is 40.5 Å². The van der Waals surface area contributed by atoms with E-state index in [1.54, 1.807) is 14.2 Å². The Morgan fingerprint density at radius 1 is 1.29 bits per heavy atom. The third-order valence-electron chi connectivity index (χ3n) is 4.75. The molecule has 0 amide bonds. The Hall–Kier alpha value is -1.14. The molecule has 1 aliphatic heterocycles. The Morgan fingerprint density at radius 2 is 2.00 bits per heavy atom. The van der Waals surface area contributed by atoms with Gasteiger partial charge in [0.05, 0.1) is 19.8 Å². The maximum absolute atomic E-state index is 9.85. The van der Waals surface area contributed by atoms with Crippen LogP contribution in [0, 0.1) is 6.92 Å². The van der Waals surface area contributed by atoms with E-state index in [-0.39, 0.29) is 6.04 Å². The molecule has 2 atom stereocenters. The van der Waals surface area contributed by atoms with E-state index in [4.69, 9.17) is 9.47 Å². The van der Waals surface area contributed by atoms with Gasteiger partial charge in [0.1, 0.15) is 5.75 Å². The van der Waals surface area contributed by atoms with Crippen molar-refractivity contribution in [3.05, 3.63) is 29.3 Å². The Bertz CT molecular complexity index is 501. The summed E-state index contributed by atoms with van der Waals surface area (Å²) in [6, 6.07) is 7.09. The second-order valence-corrected chi connectivity index (χ2v) is 6.82. The Kier molecular flexibility index (Phi) is 7.49. The van der Waals surface area contributed by atoms with Gasteiger partial charge in [0, 0.05) is 31.3 Å². The van der Waals surface area contributed by atoms with Crippen LogP contribution in [0.3, 0.4) is 0 Å². The van der Waals surface area contributed by atoms with Gasteiger partial charge in [0.2, 0.25) is 0 Å². The summed E-state index contributed by atoms with van der Waals surface area (Å²) in [5, 5.41) is 13.6. The number of likely N-dealkylation sites (tertiary alicyclic amines) is 1. The van der Waals surface area contributed by atoms with E-state index >= 15 is 0 Å². The standard InChI is InChI=1S/C19H32N2O3/c1-14-5-6-19(24-4)18(11-14)15(2)20-16-7-9-21(10-8-16)12-17(22)13-23-3/h5-6,11,15-17,20,22H,7-10,12-13H2,1-4H3. The minimum Gasteiger partial charge on any atom is -0.496 e. The van der Waals surface area contributed by atoms with Crippen LogP contribution >= 0.6 is 0 Å². The van der Waals surface area contributed by atoms with Crippen LogP contribution in [0.25, 0.3) is 0 Å². The van der Waals surface area contributed by atoms with E-state index in [9.17, 15) is 5.11 Å². The number of aryl methyl sites for hydroxylation is 1. The predicted octanol–water partition coefficient (Wildman–Crippen LogP) is 2.13. The average Bonchev–Trinajstić information content (AvgIpc) is 2.56. The first-order chi connectivity index (χ1) is 11.5. The predicted molar refractivity (Wildman–Crippen MR) is 96.6 cm³/mol. The largest absolute Gasteiger partial charge is 0.496 e. The molecule has 5 heteroatoms. The topological polar surface area (TPSA) is 54.0 Å². The van der Waals surface area contributed by atoms with Gasteiger partial charge in [-0.1, -0.05) is 17.7 Å². The zero-order chi connectivity index (χ0) is 17.5. The minimum absolute atomic E-state index is 0.260. The molecule has 5 nitrogen and oxygen atoms in total. The number of nitrogens with one attached hydrogen (secondary N) is 1. The van der Waals surface area contributed by atoms with Crippen molar-refractivity contribution in [3.8, 4) is 5.75 Å². The third-order valence-corrected chi connectivity index (χ3v) is 4.75. The number of benzene rings is 1. The number of β-amino-alcohol motifs (C(OH)–C–C–N with tert-alkyl or cyclic N) is 1. The zero-order valence-electron chi connectivity index (χ0n) is 15.4. The summed E-state index contributed by atoms with van der Waals surface area (Å²) in [5.74, 6) is 0.945. The Labute approximate surface area is 146 Å². The molecule has 0 aliphatic carbocycles. The quantitative estimate of drug-likeness (QED) is 0.762. The van der Waals surface area contributed by atoms with Gasteiger partial charge in [-0.15, -0.1) is 0 Å². The van der Waals surface area contributed by atoms with Gasteiger partial charge >= 0.3 is 0 Å². The van der Waals surface area contributed by atoms with E-state index in [0.717, 1.165) is 31.7 Å². The fraction of sp³-hybridized carbons (Fsp3) is 0.684. The second-order valence-electron chi connectivity index (χ2n) is 6.82. The number of methoxy groups -OCH3 is 2. The molecule has 0 bridgehead atoms. The van der Waals surface area contributed by atoms with Crippen molar-refractivity contribution in [1.29, 1.82) is 0 Å². The molecule has 0 aromatic heterocycles. The molecular weight excluding hydrogens is 304 g/mol. The van der Waals surface area contributed by atoms with Crippen molar-refractivity contribution in [3.63, 3.8) is 0 Å². The summed E-state index contributed by atoms with van der Waals surface area (Å²) in [6.45, 7) is 7.43. The molecule has 1 heterocycles. The fourth-order valence-electron chi connectivity index (χ4n) is 3.46. The summed E-state index contributed by atoms with van der Waals surface area (Å²) in [5.41, 5.74) is 2.47. The molecule has 0 spiro atoms. The van der Waals surface area contributed by atoms with Gasteiger partial charge in [0.25, 0.3) is 0 Å². The van der Waals surface area contributed by atoms with Crippen LogP contribution in [-0.2, 0) is 4.74 Å². The molecule has 136 valence electrons. The summed E-state index contributed by atoms with van der Waals surface area (Å²) in [7, 11) is 3.35. The maximum atomic E-state index is 9.85. The third kappa shape index (κ3) is 5.45. The highest BCUT2D eigenvalue weighted by molar-refractivity contribution is 5.38. The zero-order valence-corrected chi connectivity index (χ0v) is 15.4. The van der Waals surface area contributed by atoms with Crippen molar-refractivity contribution in [2.45, 2.75) is 44.9 Å². The monoisotopic (exact) mass is 336 g/mol. The van der Waals surface area contributed by atoms with Crippen LogP contribution in [0.1, 0.15) is 36.9 Å². The number of hydrogen-bond acceptors (Lipinski definition) is 5. The smallest absolute Gasteiger partial charge is 0.123 e. The first-order valence-corrected chi connectivity index (χ1v) is 8.83. The molecule has 1 fully saturated rings.